The molecule has 29 heavy (non-hydrogen) atoms. The summed E-state index contributed by atoms with van der Waals surface area (Å²) < 4.78 is 7.28. The Morgan fingerprint density at radius 1 is 1.28 bits per heavy atom. The number of fused-ring (bicyclic) bond motifs is 2. The summed E-state index contributed by atoms with van der Waals surface area (Å²) in [7, 11) is 0. The second kappa shape index (κ2) is 6.74. The average Bonchev–Trinajstić information content (AvgIpc) is 3.39. The van der Waals surface area contributed by atoms with Crippen LogP contribution in [0.2, 0.25) is 0 Å². The van der Waals surface area contributed by atoms with Gasteiger partial charge in [-0.3, -0.25) is 4.57 Å². The number of ether oxygens (including phenoxy) is 1. The minimum absolute atomic E-state index is 0.140. The summed E-state index contributed by atoms with van der Waals surface area (Å²) in [6.07, 6.45) is 1.87. The van der Waals surface area contributed by atoms with Gasteiger partial charge in [-0.2, -0.15) is 0 Å². The fraction of sp³-hybridized carbons (Fsp3) is 0.450. The van der Waals surface area contributed by atoms with Crippen molar-refractivity contribution in [1.29, 1.82) is 0 Å². The maximum absolute atomic E-state index is 10.8. The Balaban J connectivity index is 1.49. The molecular formula is C20H23N5O4. The molecule has 1 aliphatic heterocycles. The SMILES string of the molecule is C[C@@]1(O)[C@H](O)[C@@H](CO)O[C@H]1n1cnc2c(N[C@H]3CCc4ccccc43)ncnc21. The molecule has 9 heteroatoms. The van der Waals surface area contributed by atoms with Crippen LogP contribution in [-0.2, 0) is 11.2 Å². The van der Waals surface area contributed by atoms with Crippen LogP contribution in [0.1, 0.15) is 36.7 Å². The molecule has 0 unspecified atom stereocenters. The van der Waals surface area contributed by atoms with E-state index in [1.54, 1.807) is 4.57 Å². The van der Waals surface area contributed by atoms with E-state index in [2.05, 4.69) is 32.4 Å². The minimum Gasteiger partial charge on any atom is -0.394 e. The van der Waals surface area contributed by atoms with Gasteiger partial charge in [-0.15, -0.1) is 0 Å². The predicted octanol–water partition coefficient (Wildman–Crippen LogP) is 0.927. The Morgan fingerprint density at radius 3 is 2.90 bits per heavy atom. The van der Waals surface area contributed by atoms with Gasteiger partial charge in [0.25, 0.3) is 0 Å². The summed E-state index contributed by atoms with van der Waals surface area (Å²) in [5.41, 5.74) is 2.02. The molecule has 1 fully saturated rings. The van der Waals surface area contributed by atoms with Crippen LogP contribution < -0.4 is 5.32 Å². The molecule has 3 heterocycles. The molecule has 0 radical (unpaired) electrons. The van der Waals surface area contributed by atoms with Crippen molar-refractivity contribution in [3.63, 3.8) is 0 Å². The van der Waals surface area contributed by atoms with Crippen molar-refractivity contribution in [1.82, 2.24) is 19.5 Å². The number of imidazole rings is 1. The minimum atomic E-state index is -1.61. The molecule has 5 rings (SSSR count). The van der Waals surface area contributed by atoms with Crippen LogP contribution in [0.3, 0.4) is 0 Å². The molecule has 0 bridgehead atoms. The average molecular weight is 397 g/mol. The van der Waals surface area contributed by atoms with Crippen molar-refractivity contribution < 1.29 is 20.1 Å². The first kappa shape index (κ1) is 18.4. The first-order valence-electron chi connectivity index (χ1n) is 9.69. The predicted molar refractivity (Wildman–Crippen MR) is 104 cm³/mol. The highest BCUT2D eigenvalue weighted by atomic mass is 16.6. The number of anilines is 1. The molecule has 1 saturated heterocycles. The van der Waals surface area contributed by atoms with Gasteiger partial charge in [0.1, 0.15) is 24.1 Å². The summed E-state index contributed by atoms with van der Waals surface area (Å²) >= 11 is 0. The summed E-state index contributed by atoms with van der Waals surface area (Å²) in [4.78, 5) is 13.1. The van der Waals surface area contributed by atoms with Crippen molar-refractivity contribution in [2.75, 3.05) is 11.9 Å². The van der Waals surface area contributed by atoms with Crippen LogP contribution in [0.15, 0.2) is 36.9 Å². The van der Waals surface area contributed by atoms with Gasteiger partial charge >= 0.3 is 0 Å². The van der Waals surface area contributed by atoms with Crippen molar-refractivity contribution >= 4 is 17.0 Å². The lowest BCUT2D eigenvalue weighted by Gasteiger charge is -2.27. The molecule has 0 saturated carbocycles. The molecule has 2 aliphatic rings. The second-order valence-electron chi connectivity index (χ2n) is 7.86. The molecule has 2 aromatic heterocycles. The maximum atomic E-state index is 10.8. The number of nitrogens with zero attached hydrogens (tertiary/aromatic N) is 4. The third-order valence-electron chi connectivity index (χ3n) is 5.99. The highest BCUT2D eigenvalue weighted by molar-refractivity contribution is 5.83. The molecule has 4 N–H and O–H groups in total. The fourth-order valence-corrected chi connectivity index (χ4v) is 4.39. The lowest BCUT2D eigenvalue weighted by Crippen LogP contribution is -2.44. The number of nitrogens with one attached hydrogen (secondary N) is 1. The van der Waals surface area contributed by atoms with Crippen LogP contribution in [0.25, 0.3) is 11.2 Å². The van der Waals surface area contributed by atoms with E-state index in [0.29, 0.717) is 17.0 Å². The number of aryl methyl sites for hydroxylation is 1. The van der Waals surface area contributed by atoms with Gasteiger partial charge in [0, 0.05) is 0 Å². The Kier molecular flexibility index (Phi) is 4.28. The van der Waals surface area contributed by atoms with E-state index in [-0.39, 0.29) is 6.04 Å². The standard InChI is InChI=1S/C20H23N5O4/c1-20(28)16(27)14(8-26)29-19(20)25-10-23-15-17(21-9-22-18(15)25)24-13-7-6-11-4-2-3-5-12(11)13/h2-5,9-10,13-14,16,19,26-28H,6-8H2,1H3,(H,21,22,24)/t13-,14+,16+,19+,20+/m0/s1. The van der Waals surface area contributed by atoms with E-state index in [1.807, 2.05) is 12.1 Å². The highest BCUT2D eigenvalue weighted by Crippen LogP contribution is 2.40. The quantitative estimate of drug-likeness (QED) is 0.512. The largest absolute Gasteiger partial charge is 0.394 e. The van der Waals surface area contributed by atoms with Gasteiger partial charge in [0.05, 0.1) is 19.0 Å². The number of hydrogen-bond donors (Lipinski definition) is 4. The highest BCUT2D eigenvalue weighted by Gasteiger charge is 2.53. The number of aromatic nitrogens is 4. The molecule has 152 valence electrons. The van der Waals surface area contributed by atoms with Crippen LogP contribution in [0.4, 0.5) is 5.82 Å². The number of rotatable bonds is 4. The van der Waals surface area contributed by atoms with Gasteiger partial charge in [0.15, 0.2) is 23.2 Å². The third-order valence-corrected chi connectivity index (χ3v) is 5.99. The summed E-state index contributed by atoms with van der Waals surface area (Å²) in [6.45, 7) is 1.07. The number of aliphatic hydroxyl groups excluding tert-OH is 2. The second-order valence-corrected chi connectivity index (χ2v) is 7.86. The summed E-state index contributed by atoms with van der Waals surface area (Å²) in [5, 5.41) is 33.9. The first-order valence-corrected chi connectivity index (χ1v) is 9.69. The smallest absolute Gasteiger partial charge is 0.168 e. The van der Waals surface area contributed by atoms with E-state index < -0.39 is 30.6 Å². The van der Waals surface area contributed by atoms with Crippen LogP contribution in [0.5, 0.6) is 0 Å². The Morgan fingerprint density at radius 2 is 2.10 bits per heavy atom. The Labute approximate surface area is 167 Å². The van der Waals surface area contributed by atoms with Crippen LogP contribution in [-0.4, -0.2) is 59.3 Å². The lowest BCUT2D eigenvalue weighted by molar-refractivity contribution is -0.0950. The number of benzene rings is 1. The normalized spacial score (nSPS) is 31.3. The number of hydrogen-bond acceptors (Lipinski definition) is 8. The molecule has 0 amide bonds. The summed E-state index contributed by atoms with van der Waals surface area (Å²) in [5.74, 6) is 0.604. The van der Waals surface area contributed by atoms with Crippen molar-refractivity contribution in [3.8, 4) is 0 Å². The monoisotopic (exact) mass is 397 g/mol. The molecule has 0 spiro atoms. The zero-order valence-electron chi connectivity index (χ0n) is 15.9. The zero-order valence-corrected chi connectivity index (χ0v) is 15.9. The fourth-order valence-electron chi connectivity index (χ4n) is 4.39. The van der Waals surface area contributed by atoms with Gasteiger partial charge in [-0.25, -0.2) is 15.0 Å². The van der Waals surface area contributed by atoms with Crippen molar-refractivity contribution in [3.05, 3.63) is 48.0 Å². The van der Waals surface area contributed by atoms with Crippen LogP contribution >= 0.6 is 0 Å². The van der Waals surface area contributed by atoms with Gasteiger partial charge < -0.3 is 25.4 Å². The zero-order chi connectivity index (χ0) is 20.2. The third kappa shape index (κ3) is 2.81. The lowest BCUT2D eigenvalue weighted by atomic mass is 9.96. The van der Waals surface area contributed by atoms with E-state index in [4.69, 9.17) is 4.74 Å². The van der Waals surface area contributed by atoms with E-state index in [0.717, 1.165) is 12.8 Å². The van der Waals surface area contributed by atoms with Gasteiger partial charge in [-0.1, -0.05) is 24.3 Å². The summed E-state index contributed by atoms with van der Waals surface area (Å²) in [6, 6.07) is 8.49. The van der Waals surface area contributed by atoms with Gasteiger partial charge in [-0.05, 0) is 30.9 Å². The molecule has 9 nitrogen and oxygen atoms in total. The first-order chi connectivity index (χ1) is 14.0. The Hall–Kier alpha value is -2.59. The number of aliphatic hydroxyl groups is 3. The Bertz CT molecular complexity index is 1050. The van der Waals surface area contributed by atoms with Gasteiger partial charge in [0.2, 0.25) is 0 Å². The van der Waals surface area contributed by atoms with Crippen molar-refractivity contribution in [2.45, 2.75) is 49.8 Å². The topological polar surface area (TPSA) is 126 Å². The van der Waals surface area contributed by atoms with Crippen molar-refractivity contribution in [2.24, 2.45) is 0 Å². The molecule has 1 aliphatic carbocycles. The maximum Gasteiger partial charge on any atom is 0.168 e. The van der Waals surface area contributed by atoms with E-state index in [1.165, 1.54) is 30.7 Å². The van der Waals surface area contributed by atoms with E-state index in [9.17, 15) is 15.3 Å². The van der Waals surface area contributed by atoms with Crippen LogP contribution in [0, 0.1) is 0 Å². The van der Waals surface area contributed by atoms with E-state index >= 15 is 0 Å². The molecular weight excluding hydrogens is 374 g/mol. The molecule has 3 aromatic rings. The molecule has 1 aromatic carbocycles. The molecule has 5 atom stereocenters.